The van der Waals surface area contributed by atoms with Crippen molar-refractivity contribution in [2.45, 2.75) is 31.2 Å². The van der Waals surface area contributed by atoms with Gasteiger partial charge in [0.15, 0.2) is 0 Å². The van der Waals surface area contributed by atoms with Crippen LogP contribution in [0, 0.1) is 5.82 Å². The number of carbonyl (C=O) groups excluding carboxylic acids is 1. The Morgan fingerprint density at radius 3 is 2.61 bits per heavy atom. The zero-order valence-corrected chi connectivity index (χ0v) is 17.3. The van der Waals surface area contributed by atoms with Crippen LogP contribution < -0.4 is 5.32 Å². The van der Waals surface area contributed by atoms with Gasteiger partial charge >= 0.3 is 0 Å². The number of benzene rings is 2. The Bertz CT molecular complexity index is 1250. The lowest BCUT2D eigenvalue weighted by molar-refractivity contribution is -0.122. The fraction of sp³-hybridized carbons (Fsp3) is 0.273. The summed E-state index contributed by atoms with van der Waals surface area (Å²) in [5, 5.41) is 20.9. The molecule has 0 radical (unpaired) electrons. The molecule has 2 heterocycles. The van der Waals surface area contributed by atoms with Crippen LogP contribution >= 0.6 is 11.3 Å². The molecular formula is C22H19FN4O3S. The van der Waals surface area contributed by atoms with E-state index in [9.17, 15) is 14.3 Å². The summed E-state index contributed by atoms with van der Waals surface area (Å²) in [6.45, 7) is -0.0612. The average molecular weight is 438 g/mol. The molecule has 1 amide bonds. The molecule has 0 unspecified atom stereocenters. The predicted molar refractivity (Wildman–Crippen MR) is 113 cm³/mol. The van der Waals surface area contributed by atoms with Crippen LogP contribution in [0.3, 0.4) is 0 Å². The molecule has 0 spiro atoms. The van der Waals surface area contributed by atoms with Crippen molar-refractivity contribution in [1.82, 2.24) is 20.5 Å². The van der Waals surface area contributed by atoms with Gasteiger partial charge in [-0.25, -0.2) is 9.37 Å². The number of nitrogens with one attached hydrogen (secondary N) is 1. The monoisotopic (exact) mass is 438 g/mol. The fourth-order valence-corrected chi connectivity index (χ4v) is 4.38. The first kappa shape index (κ1) is 19.8. The van der Waals surface area contributed by atoms with Crippen LogP contribution in [0.1, 0.15) is 29.6 Å². The lowest BCUT2D eigenvalue weighted by Gasteiger charge is -2.12. The first-order chi connectivity index (χ1) is 15.0. The van der Waals surface area contributed by atoms with Crippen molar-refractivity contribution in [3.05, 3.63) is 65.1 Å². The molecule has 2 aromatic carbocycles. The Morgan fingerprint density at radius 1 is 1.13 bits per heavy atom. The number of aliphatic hydroxyl groups excluding tert-OH is 1. The van der Waals surface area contributed by atoms with Crippen molar-refractivity contribution < 1.29 is 18.7 Å². The summed E-state index contributed by atoms with van der Waals surface area (Å²) < 4.78 is 19.8. The molecule has 7 nitrogen and oxygen atoms in total. The van der Waals surface area contributed by atoms with Crippen LogP contribution in [0.4, 0.5) is 4.39 Å². The number of thiazole rings is 1. The number of hydrogen-bond donors (Lipinski definition) is 2. The quantitative estimate of drug-likeness (QED) is 0.459. The number of aliphatic hydroxyl groups is 1. The van der Waals surface area contributed by atoms with Crippen LogP contribution in [0.2, 0.25) is 0 Å². The third kappa shape index (κ3) is 4.33. The first-order valence-electron chi connectivity index (χ1n) is 9.90. The Hall–Kier alpha value is -3.17. The molecule has 1 fully saturated rings. The van der Waals surface area contributed by atoms with Crippen LogP contribution in [-0.2, 0) is 17.6 Å². The van der Waals surface area contributed by atoms with Crippen LogP contribution in [0.5, 0.6) is 0 Å². The van der Waals surface area contributed by atoms with Gasteiger partial charge in [-0.15, -0.1) is 21.5 Å². The van der Waals surface area contributed by atoms with Gasteiger partial charge in [-0.3, -0.25) is 4.79 Å². The van der Waals surface area contributed by atoms with Crippen molar-refractivity contribution in [1.29, 1.82) is 0 Å². The van der Waals surface area contributed by atoms with Crippen molar-refractivity contribution in [3.8, 4) is 11.1 Å². The topological polar surface area (TPSA) is 101 Å². The lowest BCUT2D eigenvalue weighted by Crippen LogP contribution is -2.40. The van der Waals surface area contributed by atoms with E-state index in [1.54, 1.807) is 12.1 Å². The molecular weight excluding hydrogens is 419 g/mol. The molecule has 1 aliphatic carbocycles. The van der Waals surface area contributed by atoms with E-state index in [4.69, 9.17) is 4.42 Å². The van der Waals surface area contributed by atoms with E-state index in [1.807, 2.05) is 18.2 Å². The number of nitrogens with zero attached hydrogens (tertiary/aromatic N) is 3. The van der Waals surface area contributed by atoms with Gasteiger partial charge in [0.25, 0.3) is 0 Å². The zero-order chi connectivity index (χ0) is 21.4. The van der Waals surface area contributed by atoms with E-state index in [-0.39, 0.29) is 30.6 Å². The third-order valence-electron chi connectivity index (χ3n) is 5.29. The zero-order valence-electron chi connectivity index (χ0n) is 16.5. The van der Waals surface area contributed by atoms with E-state index in [1.165, 1.54) is 23.5 Å². The van der Waals surface area contributed by atoms with Crippen molar-refractivity contribution in [3.63, 3.8) is 0 Å². The maximum Gasteiger partial charge on any atom is 0.229 e. The molecule has 9 heteroatoms. The second-order valence-electron chi connectivity index (χ2n) is 7.73. The largest absolute Gasteiger partial charge is 0.424 e. The second kappa shape index (κ2) is 7.82. The molecule has 2 aromatic heterocycles. The van der Waals surface area contributed by atoms with Crippen LogP contribution in [0.15, 0.2) is 46.9 Å². The molecule has 0 atom stereocenters. The fourth-order valence-electron chi connectivity index (χ4n) is 3.38. The number of carbonyl (C=O) groups is 1. The number of amides is 1. The molecule has 0 bridgehead atoms. The van der Waals surface area contributed by atoms with Gasteiger partial charge in [0.1, 0.15) is 17.2 Å². The van der Waals surface area contributed by atoms with Gasteiger partial charge in [-0.05, 0) is 48.2 Å². The average Bonchev–Trinajstić information content (AvgIpc) is 3.20. The molecule has 1 saturated carbocycles. The van der Waals surface area contributed by atoms with Crippen molar-refractivity contribution >= 4 is 27.5 Å². The summed E-state index contributed by atoms with van der Waals surface area (Å²) in [7, 11) is 0. The minimum Gasteiger partial charge on any atom is -0.424 e. The smallest absolute Gasteiger partial charge is 0.229 e. The summed E-state index contributed by atoms with van der Waals surface area (Å²) in [5.74, 6) is 0.127. The standard InChI is InChI=1S/C22H19FN4O3S/c23-15-4-1-13(2-5-15)14-3-6-16-17(9-14)31-21(24-16)11-20-27-26-19(30-20)10-18(29)25-22(12-28)7-8-22/h1-6,9,28H,7-8,10-12H2,(H,25,29). The van der Waals surface area contributed by atoms with Crippen molar-refractivity contribution in [2.75, 3.05) is 6.61 Å². The Morgan fingerprint density at radius 2 is 1.87 bits per heavy atom. The molecule has 0 saturated heterocycles. The predicted octanol–water partition coefficient (Wildman–Crippen LogP) is 3.26. The number of hydrogen-bond acceptors (Lipinski definition) is 7. The van der Waals surface area contributed by atoms with Gasteiger partial charge in [-0.2, -0.15) is 0 Å². The minimum absolute atomic E-state index is 0.0182. The summed E-state index contributed by atoms with van der Waals surface area (Å²) in [6, 6.07) is 12.3. The summed E-state index contributed by atoms with van der Waals surface area (Å²) >= 11 is 1.53. The molecule has 5 rings (SSSR count). The molecule has 4 aromatic rings. The Balaban J connectivity index is 1.27. The second-order valence-corrected chi connectivity index (χ2v) is 8.84. The maximum atomic E-state index is 13.2. The van der Waals surface area contributed by atoms with Gasteiger partial charge in [0, 0.05) is 0 Å². The van der Waals surface area contributed by atoms with Crippen molar-refractivity contribution in [2.24, 2.45) is 0 Å². The molecule has 31 heavy (non-hydrogen) atoms. The highest BCUT2D eigenvalue weighted by molar-refractivity contribution is 7.18. The normalized spacial score (nSPS) is 14.6. The number of fused-ring (bicyclic) bond motifs is 1. The third-order valence-corrected chi connectivity index (χ3v) is 6.31. The van der Waals surface area contributed by atoms with Gasteiger partial charge in [0.05, 0.1) is 28.8 Å². The van der Waals surface area contributed by atoms with Gasteiger partial charge in [0.2, 0.25) is 17.7 Å². The van der Waals surface area contributed by atoms with Crippen LogP contribution in [0.25, 0.3) is 21.3 Å². The maximum absolute atomic E-state index is 13.2. The first-order valence-corrected chi connectivity index (χ1v) is 10.7. The van der Waals surface area contributed by atoms with E-state index < -0.39 is 5.54 Å². The van der Waals surface area contributed by atoms with Gasteiger partial charge in [-0.1, -0.05) is 18.2 Å². The Kier molecular flexibility index (Phi) is 4.99. The molecule has 158 valence electrons. The molecule has 2 N–H and O–H groups in total. The van der Waals surface area contributed by atoms with Crippen LogP contribution in [-0.4, -0.2) is 38.3 Å². The number of rotatable bonds is 7. The van der Waals surface area contributed by atoms with E-state index in [2.05, 4.69) is 20.5 Å². The SMILES string of the molecule is O=C(Cc1nnc(Cc2nc3ccc(-c4ccc(F)cc4)cc3s2)o1)NC1(CO)CC1. The molecule has 0 aliphatic heterocycles. The summed E-state index contributed by atoms with van der Waals surface area (Å²) in [5.41, 5.74) is 2.33. The van der Waals surface area contributed by atoms with E-state index in [0.717, 1.165) is 39.2 Å². The summed E-state index contributed by atoms with van der Waals surface area (Å²) in [6.07, 6.45) is 1.92. The summed E-state index contributed by atoms with van der Waals surface area (Å²) in [4.78, 5) is 16.7. The molecule has 1 aliphatic rings. The van der Waals surface area contributed by atoms with E-state index >= 15 is 0 Å². The lowest BCUT2D eigenvalue weighted by atomic mass is 10.1. The van der Waals surface area contributed by atoms with Gasteiger partial charge < -0.3 is 14.8 Å². The Labute approximate surface area is 181 Å². The minimum atomic E-state index is -0.465. The van der Waals surface area contributed by atoms with E-state index in [0.29, 0.717) is 12.3 Å². The number of aromatic nitrogens is 3. The number of halogens is 1. The highest BCUT2D eigenvalue weighted by atomic mass is 32.1. The highest BCUT2D eigenvalue weighted by Crippen LogP contribution is 2.34. The highest BCUT2D eigenvalue weighted by Gasteiger charge is 2.43.